The van der Waals surface area contributed by atoms with E-state index in [1.165, 1.54) is 11.1 Å². The first kappa shape index (κ1) is 15.1. The quantitative estimate of drug-likeness (QED) is 0.884. The summed E-state index contributed by atoms with van der Waals surface area (Å²) in [5.74, 6) is 0.904. The van der Waals surface area contributed by atoms with Crippen molar-refractivity contribution in [1.29, 1.82) is 0 Å². The summed E-state index contributed by atoms with van der Waals surface area (Å²) < 4.78 is 11.7. The van der Waals surface area contributed by atoms with Crippen LogP contribution in [0.5, 0.6) is 5.75 Å². The Morgan fingerprint density at radius 1 is 0.818 bits per heavy atom. The molecule has 0 aliphatic carbocycles. The maximum absolute atomic E-state index is 5.97. The second-order valence-electron chi connectivity index (χ2n) is 5.68. The molecule has 2 aromatic rings. The van der Waals surface area contributed by atoms with Gasteiger partial charge in [0.25, 0.3) is 0 Å². The Bertz CT molecular complexity index is 547. The molecule has 0 bridgehead atoms. The van der Waals surface area contributed by atoms with Crippen LogP contribution in [0.2, 0.25) is 0 Å². The maximum atomic E-state index is 5.97. The Labute approximate surface area is 132 Å². The smallest absolute Gasteiger partial charge is 0.119 e. The summed E-state index contributed by atoms with van der Waals surface area (Å²) in [6, 6.07) is 18.4. The molecule has 0 unspecified atom stereocenters. The van der Waals surface area contributed by atoms with Crippen molar-refractivity contribution in [2.45, 2.75) is 32.2 Å². The van der Waals surface area contributed by atoms with E-state index in [1.807, 2.05) is 30.3 Å². The second kappa shape index (κ2) is 7.97. The molecule has 3 nitrogen and oxygen atoms in total. The van der Waals surface area contributed by atoms with Crippen LogP contribution in [0.25, 0.3) is 0 Å². The molecule has 1 aliphatic rings. The zero-order chi connectivity index (χ0) is 15.0. The molecule has 116 valence electrons. The predicted octanol–water partition coefficient (Wildman–Crippen LogP) is 3.53. The van der Waals surface area contributed by atoms with E-state index in [0.717, 1.165) is 31.7 Å². The van der Waals surface area contributed by atoms with Gasteiger partial charge in [0, 0.05) is 0 Å². The Kier molecular flexibility index (Phi) is 5.46. The lowest BCUT2D eigenvalue weighted by Crippen LogP contribution is -2.32. The normalized spacial score (nSPS) is 15.6. The summed E-state index contributed by atoms with van der Waals surface area (Å²) >= 11 is 0. The van der Waals surface area contributed by atoms with Gasteiger partial charge in [0.15, 0.2) is 0 Å². The molecular weight excluding hydrogens is 274 g/mol. The van der Waals surface area contributed by atoms with Gasteiger partial charge in [0.05, 0.1) is 12.7 Å². The minimum atomic E-state index is 0.405. The van der Waals surface area contributed by atoms with Crippen molar-refractivity contribution in [3.8, 4) is 5.75 Å². The summed E-state index contributed by atoms with van der Waals surface area (Å²) in [7, 11) is 0. The molecule has 1 heterocycles. The van der Waals surface area contributed by atoms with E-state index in [1.54, 1.807) is 0 Å². The van der Waals surface area contributed by atoms with Gasteiger partial charge in [-0.25, -0.2) is 0 Å². The number of para-hydroxylation sites is 1. The van der Waals surface area contributed by atoms with Gasteiger partial charge in [-0.3, -0.25) is 0 Å². The highest BCUT2D eigenvalue weighted by atomic mass is 16.5. The average molecular weight is 297 g/mol. The van der Waals surface area contributed by atoms with Crippen LogP contribution in [0.3, 0.4) is 0 Å². The Hall–Kier alpha value is -1.84. The average Bonchev–Trinajstić information content (AvgIpc) is 2.61. The third-order valence-electron chi connectivity index (χ3n) is 3.94. The van der Waals surface area contributed by atoms with E-state index in [4.69, 9.17) is 9.47 Å². The molecule has 0 amide bonds. The van der Waals surface area contributed by atoms with Crippen LogP contribution in [-0.2, 0) is 18.0 Å². The number of piperidine rings is 1. The lowest BCUT2D eigenvalue weighted by molar-refractivity contribution is 0.0212. The van der Waals surface area contributed by atoms with Gasteiger partial charge in [-0.1, -0.05) is 42.5 Å². The van der Waals surface area contributed by atoms with Crippen molar-refractivity contribution in [3.05, 3.63) is 65.7 Å². The number of benzene rings is 2. The molecule has 0 saturated carbocycles. The predicted molar refractivity (Wildman–Crippen MR) is 87.9 cm³/mol. The van der Waals surface area contributed by atoms with E-state index < -0.39 is 0 Å². The highest BCUT2D eigenvalue weighted by Crippen LogP contribution is 2.14. The van der Waals surface area contributed by atoms with E-state index >= 15 is 0 Å². The van der Waals surface area contributed by atoms with Gasteiger partial charge >= 0.3 is 0 Å². The first-order valence-corrected chi connectivity index (χ1v) is 7.98. The molecule has 1 aliphatic heterocycles. The van der Waals surface area contributed by atoms with E-state index in [-0.39, 0.29) is 0 Å². The highest BCUT2D eigenvalue weighted by molar-refractivity contribution is 5.24. The summed E-state index contributed by atoms with van der Waals surface area (Å²) in [4.78, 5) is 0. The highest BCUT2D eigenvalue weighted by Gasteiger charge is 2.12. The third kappa shape index (κ3) is 4.58. The van der Waals surface area contributed by atoms with Crippen LogP contribution in [-0.4, -0.2) is 19.2 Å². The van der Waals surface area contributed by atoms with Crippen LogP contribution in [0.1, 0.15) is 24.0 Å². The fraction of sp³-hybridized carbons (Fsp3) is 0.368. The first-order chi connectivity index (χ1) is 10.9. The van der Waals surface area contributed by atoms with E-state index in [9.17, 15) is 0 Å². The molecule has 1 N–H and O–H groups in total. The molecular formula is C19H23NO2. The van der Waals surface area contributed by atoms with Gasteiger partial charge < -0.3 is 14.8 Å². The number of nitrogens with one attached hydrogen (secondary N) is 1. The monoisotopic (exact) mass is 297 g/mol. The van der Waals surface area contributed by atoms with Crippen molar-refractivity contribution < 1.29 is 9.47 Å². The van der Waals surface area contributed by atoms with Crippen LogP contribution in [0.4, 0.5) is 0 Å². The molecule has 1 fully saturated rings. The number of rotatable bonds is 6. The Morgan fingerprint density at radius 3 is 2.14 bits per heavy atom. The van der Waals surface area contributed by atoms with Gasteiger partial charge in [0.2, 0.25) is 0 Å². The van der Waals surface area contributed by atoms with Crippen molar-refractivity contribution in [2.75, 3.05) is 13.1 Å². The molecule has 22 heavy (non-hydrogen) atoms. The topological polar surface area (TPSA) is 30.5 Å². The number of ether oxygens (including phenoxy) is 2. The fourth-order valence-corrected chi connectivity index (χ4v) is 2.59. The minimum Gasteiger partial charge on any atom is -0.489 e. The van der Waals surface area contributed by atoms with Crippen LogP contribution < -0.4 is 10.1 Å². The molecule has 3 heteroatoms. The van der Waals surface area contributed by atoms with Gasteiger partial charge in [0.1, 0.15) is 12.4 Å². The molecule has 1 saturated heterocycles. The third-order valence-corrected chi connectivity index (χ3v) is 3.94. The van der Waals surface area contributed by atoms with Crippen molar-refractivity contribution in [1.82, 2.24) is 5.32 Å². The van der Waals surface area contributed by atoms with E-state index in [0.29, 0.717) is 19.3 Å². The molecule has 2 aromatic carbocycles. The molecule has 0 radical (unpaired) electrons. The summed E-state index contributed by atoms with van der Waals surface area (Å²) in [6.07, 6.45) is 2.63. The lowest BCUT2D eigenvalue weighted by atomic mass is 10.1. The van der Waals surface area contributed by atoms with Crippen molar-refractivity contribution in [3.63, 3.8) is 0 Å². The van der Waals surface area contributed by atoms with E-state index in [2.05, 4.69) is 29.6 Å². The largest absolute Gasteiger partial charge is 0.489 e. The maximum Gasteiger partial charge on any atom is 0.119 e. The van der Waals surface area contributed by atoms with Crippen LogP contribution in [0.15, 0.2) is 54.6 Å². The summed E-state index contributed by atoms with van der Waals surface area (Å²) in [6.45, 7) is 3.44. The summed E-state index contributed by atoms with van der Waals surface area (Å²) in [5.41, 5.74) is 2.40. The number of hydrogen-bond donors (Lipinski definition) is 1. The molecule has 0 spiro atoms. The van der Waals surface area contributed by atoms with Crippen molar-refractivity contribution in [2.24, 2.45) is 0 Å². The van der Waals surface area contributed by atoms with Gasteiger partial charge in [-0.15, -0.1) is 0 Å². The Morgan fingerprint density at radius 2 is 1.45 bits per heavy atom. The lowest BCUT2D eigenvalue weighted by Gasteiger charge is -2.23. The molecule has 0 atom stereocenters. The zero-order valence-electron chi connectivity index (χ0n) is 12.8. The van der Waals surface area contributed by atoms with Crippen LogP contribution >= 0.6 is 0 Å². The second-order valence-corrected chi connectivity index (χ2v) is 5.68. The first-order valence-electron chi connectivity index (χ1n) is 7.98. The van der Waals surface area contributed by atoms with Crippen molar-refractivity contribution >= 4 is 0 Å². The molecule has 3 rings (SSSR count). The van der Waals surface area contributed by atoms with Gasteiger partial charge in [-0.05, 0) is 49.2 Å². The number of hydrogen-bond acceptors (Lipinski definition) is 3. The zero-order valence-corrected chi connectivity index (χ0v) is 12.8. The molecule has 0 aromatic heterocycles. The Balaban J connectivity index is 1.45. The SMILES string of the molecule is c1ccc(OCc2ccc(COC3CCNCC3)cc2)cc1. The van der Waals surface area contributed by atoms with Gasteiger partial charge in [-0.2, -0.15) is 0 Å². The fourth-order valence-electron chi connectivity index (χ4n) is 2.59. The van der Waals surface area contributed by atoms with Crippen LogP contribution in [0, 0.1) is 0 Å². The minimum absolute atomic E-state index is 0.405. The standard InChI is InChI=1S/C19H23NO2/c1-2-4-18(5-3-1)21-14-16-6-8-17(9-7-16)15-22-19-10-12-20-13-11-19/h1-9,19-20H,10-15H2. The summed E-state index contributed by atoms with van der Waals surface area (Å²) in [5, 5.41) is 3.35.